The highest BCUT2D eigenvalue weighted by atomic mass is 79.9. The van der Waals surface area contributed by atoms with E-state index in [-0.39, 0.29) is 24.3 Å². The molecular formula is C11H12BrN3O2S. The van der Waals surface area contributed by atoms with Crippen LogP contribution in [0.1, 0.15) is 4.88 Å². The molecule has 0 unspecified atom stereocenters. The van der Waals surface area contributed by atoms with E-state index < -0.39 is 0 Å². The molecule has 2 N–H and O–H groups in total. The van der Waals surface area contributed by atoms with Crippen LogP contribution in [0.2, 0.25) is 0 Å². The van der Waals surface area contributed by atoms with Crippen molar-refractivity contribution in [2.75, 3.05) is 6.54 Å². The van der Waals surface area contributed by atoms with Crippen molar-refractivity contribution in [3.05, 3.63) is 53.9 Å². The summed E-state index contributed by atoms with van der Waals surface area (Å²) < 4.78 is 3.63. The minimum absolute atomic E-state index is 0.240. The highest BCUT2D eigenvalue weighted by molar-refractivity contribution is 9.10. The molecule has 7 heteroatoms. The molecule has 0 saturated heterocycles. The van der Waals surface area contributed by atoms with Gasteiger partial charge in [0.15, 0.2) is 0 Å². The van der Waals surface area contributed by atoms with E-state index in [1.54, 1.807) is 11.3 Å². The van der Waals surface area contributed by atoms with Crippen molar-refractivity contribution in [2.24, 2.45) is 5.73 Å². The normalized spacial score (nSPS) is 10.8. The van der Waals surface area contributed by atoms with Gasteiger partial charge < -0.3 is 5.73 Å². The van der Waals surface area contributed by atoms with E-state index in [9.17, 15) is 9.59 Å². The number of halogens is 1. The van der Waals surface area contributed by atoms with Crippen molar-refractivity contribution in [3.8, 4) is 0 Å². The number of rotatable bonds is 4. The molecule has 0 saturated carbocycles. The largest absolute Gasteiger partial charge is 0.331 e. The van der Waals surface area contributed by atoms with Crippen molar-refractivity contribution >= 4 is 27.3 Å². The number of nitrogens with two attached hydrogens (primary N) is 1. The summed E-state index contributed by atoms with van der Waals surface area (Å²) in [6.07, 6.45) is 1.52. The second-order valence-corrected chi connectivity index (χ2v) is 5.55. The first-order valence-corrected chi connectivity index (χ1v) is 7.03. The third-order valence-electron chi connectivity index (χ3n) is 2.50. The van der Waals surface area contributed by atoms with Crippen molar-refractivity contribution in [3.63, 3.8) is 0 Å². The molecule has 0 spiro atoms. The Balaban J connectivity index is 2.41. The van der Waals surface area contributed by atoms with Crippen LogP contribution in [0.5, 0.6) is 0 Å². The molecule has 2 rings (SSSR count). The first-order chi connectivity index (χ1) is 8.63. The first-order valence-electron chi connectivity index (χ1n) is 5.35. The first kappa shape index (κ1) is 13.3. The van der Waals surface area contributed by atoms with Crippen LogP contribution < -0.4 is 17.0 Å². The summed E-state index contributed by atoms with van der Waals surface area (Å²) in [5.41, 5.74) is 4.76. The molecule has 2 heterocycles. The predicted molar refractivity (Wildman–Crippen MR) is 75.1 cm³/mol. The second kappa shape index (κ2) is 5.64. The predicted octanol–water partition coefficient (Wildman–Crippen LogP) is 0.841. The Hall–Kier alpha value is -1.18. The van der Waals surface area contributed by atoms with Gasteiger partial charge in [-0.15, -0.1) is 11.3 Å². The van der Waals surface area contributed by atoms with Gasteiger partial charge in [0.2, 0.25) is 0 Å². The van der Waals surface area contributed by atoms with Gasteiger partial charge in [0.1, 0.15) is 0 Å². The van der Waals surface area contributed by atoms with Gasteiger partial charge in [0, 0.05) is 34.7 Å². The summed E-state index contributed by atoms with van der Waals surface area (Å²) in [5.74, 6) is 0. The number of hydrogen-bond acceptors (Lipinski definition) is 4. The Kier molecular flexibility index (Phi) is 4.15. The van der Waals surface area contributed by atoms with Gasteiger partial charge in [0.05, 0.1) is 6.54 Å². The second-order valence-electron chi connectivity index (χ2n) is 3.70. The summed E-state index contributed by atoms with van der Waals surface area (Å²) in [6.45, 7) is 0.952. The van der Waals surface area contributed by atoms with Crippen LogP contribution in [0.3, 0.4) is 0 Å². The summed E-state index contributed by atoms with van der Waals surface area (Å²) in [5, 5.41) is 1.94. The lowest BCUT2D eigenvalue weighted by Gasteiger charge is -2.08. The third kappa shape index (κ3) is 2.63. The Bertz CT molecular complexity index is 659. The lowest BCUT2D eigenvalue weighted by atomic mass is 10.4. The van der Waals surface area contributed by atoms with Crippen LogP contribution >= 0.6 is 27.3 Å². The van der Waals surface area contributed by atoms with Crippen LogP contribution in [0.15, 0.2) is 37.8 Å². The van der Waals surface area contributed by atoms with Crippen molar-refractivity contribution < 1.29 is 0 Å². The zero-order chi connectivity index (χ0) is 13.1. The molecule has 0 amide bonds. The summed E-state index contributed by atoms with van der Waals surface area (Å²) >= 11 is 4.98. The topological polar surface area (TPSA) is 70.0 Å². The molecule has 0 aliphatic heterocycles. The lowest BCUT2D eigenvalue weighted by molar-refractivity contribution is 0.581. The average Bonchev–Trinajstić information content (AvgIpc) is 2.74. The molecule has 5 nitrogen and oxygen atoms in total. The van der Waals surface area contributed by atoms with E-state index in [0.717, 1.165) is 13.9 Å². The molecule has 0 aliphatic rings. The Morgan fingerprint density at radius 3 is 2.72 bits per heavy atom. The minimum atomic E-state index is -0.326. The molecule has 0 bridgehead atoms. The molecule has 0 atom stereocenters. The SMILES string of the molecule is NCCn1c(=O)ccn(Cc2sccc2Br)c1=O. The maximum absolute atomic E-state index is 12.1. The van der Waals surface area contributed by atoms with Crippen LogP contribution in [0, 0.1) is 0 Å². The van der Waals surface area contributed by atoms with Gasteiger partial charge in [0.25, 0.3) is 5.56 Å². The monoisotopic (exact) mass is 329 g/mol. The molecule has 0 aliphatic carbocycles. The molecule has 0 radical (unpaired) electrons. The molecule has 96 valence electrons. The van der Waals surface area contributed by atoms with Crippen LogP contribution in [0.25, 0.3) is 0 Å². The Morgan fingerprint density at radius 2 is 2.11 bits per heavy atom. The maximum atomic E-state index is 12.1. The lowest BCUT2D eigenvalue weighted by Crippen LogP contribution is -2.40. The van der Waals surface area contributed by atoms with E-state index >= 15 is 0 Å². The maximum Gasteiger partial charge on any atom is 0.331 e. The highest BCUT2D eigenvalue weighted by Crippen LogP contribution is 2.22. The number of aromatic nitrogens is 2. The summed E-state index contributed by atoms with van der Waals surface area (Å²) in [7, 11) is 0. The zero-order valence-electron chi connectivity index (χ0n) is 9.51. The Labute approximate surface area is 116 Å². The highest BCUT2D eigenvalue weighted by Gasteiger charge is 2.07. The zero-order valence-corrected chi connectivity index (χ0v) is 11.9. The summed E-state index contributed by atoms with van der Waals surface area (Å²) in [6, 6.07) is 3.32. The van der Waals surface area contributed by atoms with E-state index in [1.807, 2.05) is 11.4 Å². The molecule has 2 aromatic heterocycles. The summed E-state index contributed by atoms with van der Waals surface area (Å²) in [4.78, 5) is 24.7. The van der Waals surface area contributed by atoms with E-state index in [4.69, 9.17) is 5.73 Å². The number of thiophene rings is 1. The number of nitrogens with zero attached hydrogens (tertiary/aromatic N) is 2. The van der Waals surface area contributed by atoms with Crippen molar-refractivity contribution in [2.45, 2.75) is 13.1 Å². The van der Waals surface area contributed by atoms with Crippen LogP contribution in [0.4, 0.5) is 0 Å². The molecule has 18 heavy (non-hydrogen) atoms. The van der Waals surface area contributed by atoms with E-state index in [2.05, 4.69) is 15.9 Å². The fourth-order valence-corrected chi connectivity index (χ4v) is 3.08. The fraction of sp³-hybridized carbons (Fsp3) is 0.273. The average molecular weight is 330 g/mol. The minimum Gasteiger partial charge on any atom is -0.329 e. The Morgan fingerprint density at radius 1 is 1.33 bits per heavy atom. The van der Waals surface area contributed by atoms with Crippen LogP contribution in [-0.4, -0.2) is 15.7 Å². The standard InChI is InChI=1S/C11H12BrN3O2S/c12-8-2-6-18-9(8)7-14-4-1-10(16)15(5-3-13)11(14)17/h1-2,4,6H,3,5,7,13H2. The van der Waals surface area contributed by atoms with Gasteiger partial charge in [-0.25, -0.2) is 4.79 Å². The quantitative estimate of drug-likeness (QED) is 0.903. The molecular weight excluding hydrogens is 318 g/mol. The van der Waals surface area contributed by atoms with E-state index in [1.165, 1.54) is 16.8 Å². The fourth-order valence-electron chi connectivity index (χ4n) is 1.60. The molecule has 2 aromatic rings. The van der Waals surface area contributed by atoms with Gasteiger partial charge in [-0.3, -0.25) is 13.9 Å². The molecule has 0 fully saturated rings. The van der Waals surface area contributed by atoms with Crippen molar-refractivity contribution in [1.29, 1.82) is 0 Å². The van der Waals surface area contributed by atoms with Crippen molar-refractivity contribution in [1.82, 2.24) is 9.13 Å². The molecule has 0 aromatic carbocycles. The van der Waals surface area contributed by atoms with Gasteiger partial charge in [-0.2, -0.15) is 0 Å². The van der Waals surface area contributed by atoms with Gasteiger partial charge >= 0.3 is 5.69 Å². The number of hydrogen-bond donors (Lipinski definition) is 1. The van der Waals surface area contributed by atoms with Gasteiger partial charge in [-0.1, -0.05) is 0 Å². The van der Waals surface area contributed by atoms with Gasteiger partial charge in [-0.05, 0) is 27.4 Å². The smallest absolute Gasteiger partial charge is 0.329 e. The van der Waals surface area contributed by atoms with Crippen LogP contribution in [-0.2, 0) is 13.1 Å². The van der Waals surface area contributed by atoms with E-state index in [0.29, 0.717) is 6.54 Å². The third-order valence-corrected chi connectivity index (χ3v) is 4.41.